The summed E-state index contributed by atoms with van der Waals surface area (Å²) in [4.78, 5) is 13.5. The van der Waals surface area contributed by atoms with Crippen LogP contribution in [0.1, 0.15) is 18.0 Å². The van der Waals surface area contributed by atoms with Crippen molar-refractivity contribution >= 4 is 17.8 Å². The van der Waals surface area contributed by atoms with Crippen molar-refractivity contribution in [2.75, 3.05) is 25.7 Å². The Morgan fingerprint density at radius 3 is 2.52 bits per heavy atom. The third-order valence-electron chi connectivity index (χ3n) is 3.82. The molecule has 1 N–H and O–H groups in total. The average Bonchev–Trinajstić information content (AvgIpc) is 3.05. The van der Waals surface area contributed by atoms with Crippen molar-refractivity contribution in [1.29, 1.82) is 0 Å². The molecule has 2 atom stereocenters. The highest BCUT2D eigenvalue weighted by Crippen LogP contribution is 2.33. The number of nitrogens with one attached hydrogen (secondary N) is 1. The Morgan fingerprint density at radius 1 is 1.39 bits per heavy atom. The van der Waals surface area contributed by atoms with E-state index in [1.54, 1.807) is 11.8 Å². The molecular formula is C15H19F3N2O2S. The zero-order chi connectivity index (χ0) is 17.0. The van der Waals surface area contributed by atoms with Crippen LogP contribution >= 0.6 is 11.8 Å². The number of halogens is 3. The van der Waals surface area contributed by atoms with Crippen LogP contribution in [0.25, 0.3) is 0 Å². The lowest BCUT2D eigenvalue weighted by atomic mass is 10.1. The standard InChI is InChI=1S/C15H19F3N2O2S/c1-20(11-7-8-23-9-11)14(21)19-13(15(16,17)18)10-3-5-12(22-2)6-4-10/h3-6,11,13H,7-9H2,1-2H3,(H,19,21)/t11-,13-/m1/s1. The number of benzene rings is 1. The fraction of sp³-hybridized carbons (Fsp3) is 0.533. The molecule has 0 bridgehead atoms. The first-order chi connectivity index (χ1) is 10.8. The Hall–Kier alpha value is -1.57. The quantitative estimate of drug-likeness (QED) is 0.906. The molecule has 0 aromatic heterocycles. The van der Waals surface area contributed by atoms with Crippen LogP contribution in [0.4, 0.5) is 18.0 Å². The summed E-state index contributed by atoms with van der Waals surface area (Å²) in [7, 11) is 2.97. The normalized spacial score (nSPS) is 19.3. The van der Waals surface area contributed by atoms with Gasteiger partial charge in [0.1, 0.15) is 5.75 Å². The van der Waals surface area contributed by atoms with E-state index in [0.29, 0.717) is 5.75 Å². The third-order valence-corrected chi connectivity index (χ3v) is 4.96. The average molecular weight is 348 g/mol. The van der Waals surface area contributed by atoms with E-state index in [1.807, 2.05) is 0 Å². The van der Waals surface area contributed by atoms with E-state index >= 15 is 0 Å². The monoisotopic (exact) mass is 348 g/mol. The molecule has 8 heteroatoms. The molecule has 23 heavy (non-hydrogen) atoms. The summed E-state index contributed by atoms with van der Waals surface area (Å²) in [5.74, 6) is 2.13. The molecule has 0 aliphatic carbocycles. The van der Waals surface area contributed by atoms with E-state index in [-0.39, 0.29) is 11.6 Å². The van der Waals surface area contributed by atoms with Crippen molar-refractivity contribution in [3.63, 3.8) is 0 Å². The number of nitrogens with zero attached hydrogens (tertiary/aromatic N) is 1. The van der Waals surface area contributed by atoms with Gasteiger partial charge in [0, 0.05) is 18.8 Å². The number of rotatable bonds is 4. The first kappa shape index (κ1) is 17.8. The molecule has 0 unspecified atom stereocenters. The Bertz CT molecular complexity index is 531. The number of thioether (sulfide) groups is 1. The Balaban J connectivity index is 2.13. The number of methoxy groups -OCH3 is 1. The van der Waals surface area contributed by atoms with Crippen molar-refractivity contribution in [2.24, 2.45) is 0 Å². The van der Waals surface area contributed by atoms with E-state index in [4.69, 9.17) is 4.74 Å². The summed E-state index contributed by atoms with van der Waals surface area (Å²) in [6.45, 7) is 0. The van der Waals surface area contributed by atoms with Gasteiger partial charge >= 0.3 is 12.2 Å². The van der Waals surface area contributed by atoms with Crippen molar-refractivity contribution in [3.05, 3.63) is 29.8 Å². The molecule has 1 aliphatic rings. The highest BCUT2D eigenvalue weighted by Gasteiger charge is 2.42. The zero-order valence-corrected chi connectivity index (χ0v) is 13.7. The summed E-state index contributed by atoms with van der Waals surface area (Å²) < 4.78 is 44.9. The molecule has 0 radical (unpaired) electrons. The van der Waals surface area contributed by atoms with E-state index in [1.165, 1.54) is 43.3 Å². The molecule has 0 saturated carbocycles. The summed E-state index contributed by atoms with van der Waals surface area (Å²) >= 11 is 1.70. The maximum Gasteiger partial charge on any atom is 0.412 e. The Morgan fingerprint density at radius 2 is 2.04 bits per heavy atom. The lowest BCUT2D eigenvalue weighted by molar-refractivity contribution is -0.155. The maximum atomic E-state index is 13.3. The van der Waals surface area contributed by atoms with E-state index in [2.05, 4.69) is 5.32 Å². The summed E-state index contributed by atoms with van der Waals surface area (Å²) in [5.41, 5.74) is -0.0270. The van der Waals surface area contributed by atoms with Gasteiger partial charge in [-0.15, -0.1) is 0 Å². The second-order valence-corrected chi connectivity index (χ2v) is 6.48. The van der Waals surface area contributed by atoms with E-state index in [9.17, 15) is 18.0 Å². The molecule has 128 valence electrons. The van der Waals surface area contributed by atoms with Gasteiger partial charge in [-0.05, 0) is 29.9 Å². The minimum atomic E-state index is -4.57. The smallest absolute Gasteiger partial charge is 0.412 e. The van der Waals surface area contributed by atoms with Gasteiger partial charge in [0.25, 0.3) is 0 Å². The minimum Gasteiger partial charge on any atom is -0.497 e. The molecule has 1 saturated heterocycles. The molecule has 1 heterocycles. The van der Waals surface area contributed by atoms with Gasteiger partial charge in [0.2, 0.25) is 0 Å². The van der Waals surface area contributed by atoms with Gasteiger partial charge in [-0.3, -0.25) is 0 Å². The number of amides is 2. The van der Waals surface area contributed by atoms with Crippen LogP contribution in [-0.4, -0.2) is 48.8 Å². The van der Waals surface area contributed by atoms with Crippen molar-refractivity contribution in [3.8, 4) is 5.75 Å². The number of ether oxygens (including phenoxy) is 1. The molecule has 1 aromatic carbocycles. The van der Waals surface area contributed by atoms with E-state index in [0.717, 1.165) is 17.9 Å². The summed E-state index contributed by atoms with van der Waals surface area (Å²) in [5, 5.41) is 2.10. The molecule has 1 fully saturated rings. The van der Waals surface area contributed by atoms with Crippen LogP contribution in [0, 0.1) is 0 Å². The van der Waals surface area contributed by atoms with Gasteiger partial charge in [-0.1, -0.05) is 12.1 Å². The fourth-order valence-corrected chi connectivity index (χ4v) is 3.64. The molecule has 1 aliphatic heterocycles. The number of hydrogen-bond acceptors (Lipinski definition) is 3. The van der Waals surface area contributed by atoms with Crippen LogP contribution < -0.4 is 10.1 Å². The maximum absolute atomic E-state index is 13.3. The molecular weight excluding hydrogens is 329 g/mol. The fourth-order valence-electron chi connectivity index (χ4n) is 2.37. The van der Waals surface area contributed by atoms with Gasteiger partial charge in [0.05, 0.1) is 7.11 Å². The predicted octanol–water partition coefficient (Wildman–Crippen LogP) is 3.45. The predicted molar refractivity (Wildman–Crippen MR) is 83.8 cm³/mol. The van der Waals surface area contributed by atoms with Crippen LogP contribution in [0.5, 0.6) is 5.75 Å². The Labute approximate surface area is 137 Å². The molecule has 4 nitrogen and oxygen atoms in total. The summed E-state index contributed by atoms with van der Waals surface area (Å²) in [6.07, 6.45) is -3.77. The van der Waals surface area contributed by atoms with Gasteiger partial charge in [0.15, 0.2) is 6.04 Å². The lowest BCUT2D eigenvalue weighted by Crippen LogP contribution is -2.48. The van der Waals surface area contributed by atoms with Crippen molar-refractivity contribution < 1.29 is 22.7 Å². The third kappa shape index (κ3) is 4.46. The number of alkyl halides is 3. The van der Waals surface area contributed by atoms with Gasteiger partial charge < -0.3 is 15.0 Å². The first-order valence-corrected chi connectivity index (χ1v) is 8.30. The molecule has 2 amide bonds. The Kier molecular flexibility index (Phi) is 5.67. The van der Waals surface area contributed by atoms with Crippen LogP contribution in [-0.2, 0) is 0 Å². The number of carbonyl (C=O) groups excluding carboxylic acids is 1. The van der Waals surface area contributed by atoms with Crippen LogP contribution in [0.15, 0.2) is 24.3 Å². The summed E-state index contributed by atoms with van der Waals surface area (Å²) in [6, 6.07) is 2.72. The second-order valence-electron chi connectivity index (χ2n) is 5.33. The molecule has 1 aromatic rings. The van der Waals surface area contributed by atoms with Crippen molar-refractivity contribution in [2.45, 2.75) is 24.7 Å². The largest absolute Gasteiger partial charge is 0.497 e. The van der Waals surface area contributed by atoms with Gasteiger partial charge in [-0.25, -0.2) is 4.79 Å². The highest BCUT2D eigenvalue weighted by molar-refractivity contribution is 7.99. The number of carbonyl (C=O) groups is 1. The SMILES string of the molecule is COc1ccc([C@@H](NC(=O)N(C)[C@@H]2CCSC2)C(F)(F)F)cc1. The minimum absolute atomic E-state index is 0.0234. The number of hydrogen-bond donors (Lipinski definition) is 1. The van der Waals surface area contributed by atoms with Crippen molar-refractivity contribution in [1.82, 2.24) is 10.2 Å². The zero-order valence-electron chi connectivity index (χ0n) is 12.9. The van der Waals surface area contributed by atoms with Gasteiger partial charge in [-0.2, -0.15) is 24.9 Å². The first-order valence-electron chi connectivity index (χ1n) is 7.14. The number of urea groups is 1. The molecule has 2 rings (SSSR count). The van der Waals surface area contributed by atoms with Crippen LogP contribution in [0.2, 0.25) is 0 Å². The van der Waals surface area contributed by atoms with Crippen LogP contribution in [0.3, 0.4) is 0 Å². The van der Waals surface area contributed by atoms with E-state index < -0.39 is 18.2 Å². The topological polar surface area (TPSA) is 41.6 Å². The lowest BCUT2D eigenvalue weighted by Gasteiger charge is -2.28. The molecule has 0 spiro atoms. The second kappa shape index (κ2) is 7.33. The highest BCUT2D eigenvalue weighted by atomic mass is 32.2.